The fourth-order valence-corrected chi connectivity index (χ4v) is 1.33. The lowest BCUT2D eigenvalue weighted by Gasteiger charge is -2.15. The van der Waals surface area contributed by atoms with E-state index in [2.05, 4.69) is 26.1 Å². The second-order valence-corrected chi connectivity index (χ2v) is 4.43. The van der Waals surface area contributed by atoms with Crippen molar-refractivity contribution in [3.8, 4) is 0 Å². The third-order valence-electron chi connectivity index (χ3n) is 2.86. The molecule has 0 bridgehead atoms. The number of nitrogens with one attached hydrogen (secondary N) is 1. The molecule has 0 aliphatic carbocycles. The predicted molar refractivity (Wildman–Crippen MR) is 61.4 cm³/mol. The number of carboxylic acids is 1. The van der Waals surface area contributed by atoms with Crippen molar-refractivity contribution in [1.82, 2.24) is 5.32 Å². The van der Waals surface area contributed by atoms with Gasteiger partial charge in [-0.3, -0.25) is 0 Å². The monoisotopic (exact) mass is 225 g/mol. The smallest absolute Gasteiger partial charge is 0.372 e. The molecule has 1 atom stereocenters. The molecule has 0 radical (unpaired) electrons. The zero-order chi connectivity index (χ0) is 12.1. The van der Waals surface area contributed by atoms with Crippen molar-refractivity contribution in [3.05, 3.63) is 23.7 Å². The lowest BCUT2D eigenvalue weighted by Crippen LogP contribution is -2.24. The minimum atomic E-state index is -1.02. The van der Waals surface area contributed by atoms with Crippen LogP contribution >= 0.6 is 0 Å². The molecule has 0 spiro atoms. The Kier molecular flexibility index (Phi) is 4.55. The van der Waals surface area contributed by atoms with Gasteiger partial charge in [0.05, 0.1) is 6.26 Å². The maximum absolute atomic E-state index is 10.8. The molecule has 90 valence electrons. The largest absolute Gasteiger partial charge is 0.475 e. The van der Waals surface area contributed by atoms with Crippen molar-refractivity contribution in [3.63, 3.8) is 0 Å². The molecule has 0 fully saturated rings. The lowest BCUT2D eigenvalue weighted by atomic mass is 9.98. The summed E-state index contributed by atoms with van der Waals surface area (Å²) in [5, 5.41) is 12.1. The van der Waals surface area contributed by atoms with Gasteiger partial charge in [0.1, 0.15) is 0 Å². The molecular weight excluding hydrogens is 206 g/mol. The van der Waals surface area contributed by atoms with Gasteiger partial charge in [-0.05, 0) is 24.4 Å². The molecule has 0 aliphatic rings. The molecule has 4 nitrogen and oxygen atoms in total. The molecule has 0 saturated heterocycles. The third kappa shape index (κ3) is 3.38. The van der Waals surface area contributed by atoms with E-state index in [1.807, 2.05) is 0 Å². The van der Waals surface area contributed by atoms with Crippen molar-refractivity contribution in [2.24, 2.45) is 11.8 Å². The van der Waals surface area contributed by atoms with Crippen LogP contribution < -0.4 is 5.32 Å². The van der Waals surface area contributed by atoms with E-state index in [0.717, 1.165) is 6.54 Å². The molecular formula is C12H19NO3. The van der Waals surface area contributed by atoms with Crippen LogP contribution in [-0.4, -0.2) is 17.6 Å². The summed E-state index contributed by atoms with van der Waals surface area (Å²) in [5.41, 5.74) is 0.698. The summed E-state index contributed by atoms with van der Waals surface area (Å²) in [6, 6.07) is 1.69. The van der Waals surface area contributed by atoms with Crippen LogP contribution in [0.5, 0.6) is 0 Å². The van der Waals surface area contributed by atoms with E-state index in [1.165, 1.54) is 6.26 Å². The summed E-state index contributed by atoms with van der Waals surface area (Å²) in [6.45, 7) is 7.93. The van der Waals surface area contributed by atoms with Crippen LogP contribution in [0.25, 0.3) is 0 Å². The summed E-state index contributed by atoms with van der Waals surface area (Å²) in [6.07, 6.45) is 1.41. The number of hydrogen-bond acceptors (Lipinski definition) is 3. The molecule has 1 aromatic rings. The van der Waals surface area contributed by atoms with Gasteiger partial charge in [-0.2, -0.15) is 0 Å². The van der Waals surface area contributed by atoms with Gasteiger partial charge in [0.15, 0.2) is 0 Å². The number of rotatable bonds is 6. The zero-order valence-corrected chi connectivity index (χ0v) is 9.99. The number of furan rings is 1. The standard InChI is InChI=1S/C12H19NO3/c1-8(2)9(3)6-13-7-10-4-5-16-11(10)12(14)15/h4-5,8-9,13H,6-7H2,1-3H3,(H,14,15). The Morgan fingerprint density at radius 1 is 1.50 bits per heavy atom. The molecule has 0 aromatic carbocycles. The quantitative estimate of drug-likeness (QED) is 0.780. The van der Waals surface area contributed by atoms with Gasteiger partial charge in [-0.25, -0.2) is 4.79 Å². The van der Waals surface area contributed by atoms with Crippen molar-refractivity contribution in [2.75, 3.05) is 6.54 Å². The van der Waals surface area contributed by atoms with E-state index in [1.54, 1.807) is 6.07 Å². The van der Waals surface area contributed by atoms with Gasteiger partial charge >= 0.3 is 5.97 Å². The van der Waals surface area contributed by atoms with Gasteiger partial charge < -0.3 is 14.8 Å². The summed E-state index contributed by atoms with van der Waals surface area (Å²) < 4.78 is 4.89. The number of aromatic carboxylic acids is 1. The molecule has 0 saturated carbocycles. The van der Waals surface area contributed by atoms with Crippen LogP contribution in [0.2, 0.25) is 0 Å². The van der Waals surface area contributed by atoms with Gasteiger partial charge in [-0.15, -0.1) is 0 Å². The van der Waals surface area contributed by atoms with Crippen molar-refractivity contribution in [1.29, 1.82) is 0 Å². The number of carboxylic acid groups (broad SMARTS) is 1. The van der Waals surface area contributed by atoms with Crippen LogP contribution in [0, 0.1) is 11.8 Å². The average molecular weight is 225 g/mol. The molecule has 1 aromatic heterocycles. The van der Waals surface area contributed by atoms with Crippen LogP contribution in [-0.2, 0) is 6.54 Å². The molecule has 2 N–H and O–H groups in total. The number of carbonyl (C=O) groups is 1. The van der Waals surface area contributed by atoms with Crippen molar-refractivity contribution < 1.29 is 14.3 Å². The molecule has 1 unspecified atom stereocenters. The Balaban J connectivity index is 2.43. The normalized spacial score (nSPS) is 13.0. The predicted octanol–water partition coefficient (Wildman–Crippen LogP) is 2.36. The summed E-state index contributed by atoms with van der Waals surface area (Å²) >= 11 is 0. The highest BCUT2D eigenvalue weighted by Gasteiger charge is 2.13. The zero-order valence-electron chi connectivity index (χ0n) is 9.99. The van der Waals surface area contributed by atoms with Crippen LogP contribution in [0.3, 0.4) is 0 Å². The SMILES string of the molecule is CC(C)C(C)CNCc1ccoc1C(=O)O. The summed E-state index contributed by atoms with van der Waals surface area (Å²) in [4.78, 5) is 10.8. The first-order valence-electron chi connectivity index (χ1n) is 5.52. The molecule has 0 amide bonds. The third-order valence-corrected chi connectivity index (χ3v) is 2.86. The first kappa shape index (κ1) is 12.8. The fraction of sp³-hybridized carbons (Fsp3) is 0.583. The van der Waals surface area contributed by atoms with Gasteiger partial charge in [-0.1, -0.05) is 20.8 Å². The minimum Gasteiger partial charge on any atom is -0.475 e. The summed E-state index contributed by atoms with van der Waals surface area (Å²) in [7, 11) is 0. The first-order chi connectivity index (χ1) is 7.52. The molecule has 1 rings (SSSR count). The van der Waals surface area contributed by atoms with Crippen molar-refractivity contribution >= 4 is 5.97 Å². The minimum absolute atomic E-state index is 0.0321. The Morgan fingerprint density at radius 3 is 2.75 bits per heavy atom. The van der Waals surface area contributed by atoms with E-state index in [9.17, 15) is 4.79 Å². The van der Waals surface area contributed by atoms with Crippen LogP contribution in [0.15, 0.2) is 16.7 Å². The molecule has 16 heavy (non-hydrogen) atoms. The molecule has 0 aliphatic heterocycles. The van der Waals surface area contributed by atoms with E-state index in [4.69, 9.17) is 9.52 Å². The van der Waals surface area contributed by atoms with Gasteiger partial charge in [0, 0.05) is 12.1 Å². The maximum atomic E-state index is 10.8. The second-order valence-electron chi connectivity index (χ2n) is 4.43. The summed E-state index contributed by atoms with van der Waals surface area (Å²) in [5.74, 6) is 0.208. The highest BCUT2D eigenvalue weighted by Crippen LogP contribution is 2.11. The molecule has 1 heterocycles. The first-order valence-corrected chi connectivity index (χ1v) is 5.52. The van der Waals surface area contributed by atoms with E-state index < -0.39 is 5.97 Å². The Hall–Kier alpha value is -1.29. The van der Waals surface area contributed by atoms with Crippen molar-refractivity contribution in [2.45, 2.75) is 27.3 Å². The van der Waals surface area contributed by atoms with Gasteiger partial charge in [0.2, 0.25) is 5.76 Å². The number of hydrogen-bond donors (Lipinski definition) is 2. The molecule has 4 heteroatoms. The average Bonchev–Trinajstić information content (AvgIpc) is 2.65. The maximum Gasteiger partial charge on any atom is 0.372 e. The van der Waals surface area contributed by atoms with E-state index >= 15 is 0 Å². The van der Waals surface area contributed by atoms with Crippen LogP contribution in [0.4, 0.5) is 0 Å². The fourth-order valence-electron chi connectivity index (χ4n) is 1.33. The lowest BCUT2D eigenvalue weighted by molar-refractivity contribution is 0.0660. The van der Waals surface area contributed by atoms with E-state index in [0.29, 0.717) is 23.9 Å². The Labute approximate surface area is 95.7 Å². The van der Waals surface area contributed by atoms with E-state index in [-0.39, 0.29) is 5.76 Å². The Morgan fingerprint density at radius 2 is 2.19 bits per heavy atom. The highest BCUT2D eigenvalue weighted by molar-refractivity contribution is 5.86. The second kappa shape index (κ2) is 5.70. The Bertz CT molecular complexity index is 344. The highest BCUT2D eigenvalue weighted by atomic mass is 16.4. The topological polar surface area (TPSA) is 62.5 Å². The van der Waals surface area contributed by atoms with Gasteiger partial charge in [0.25, 0.3) is 0 Å². The van der Waals surface area contributed by atoms with Crippen LogP contribution in [0.1, 0.15) is 36.9 Å².